The number of rotatable bonds is 4. The zero-order valence-electron chi connectivity index (χ0n) is 10.6. The first-order valence-corrected chi connectivity index (χ1v) is 7.41. The first-order valence-electron chi connectivity index (χ1n) is 5.59. The smallest absolute Gasteiger partial charge is 0.243 e. The Labute approximate surface area is 117 Å². The summed E-state index contributed by atoms with van der Waals surface area (Å²) >= 11 is 5.75. The molecular weight excluding hydrogens is 286 g/mol. The summed E-state index contributed by atoms with van der Waals surface area (Å²) in [5.41, 5.74) is 0.836. The van der Waals surface area contributed by atoms with Gasteiger partial charge in [-0.3, -0.25) is 4.68 Å². The van der Waals surface area contributed by atoms with Gasteiger partial charge in [0.1, 0.15) is 0 Å². The molecule has 102 valence electrons. The van der Waals surface area contributed by atoms with E-state index in [0.717, 1.165) is 5.56 Å². The lowest BCUT2D eigenvalue weighted by Gasteiger charge is -2.16. The summed E-state index contributed by atoms with van der Waals surface area (Å²) in [4.78, 5) is 0.225. The normalized spacial score (nSPS) is 12.0. The highest BCUT2D eigenvalue weighted by Gasteiger charge is 2.21. The molecule has 2 aromatic rings. The standard InChI is InChI=1S/C12H14ClN3O2S/c1-15-8-10(7-14-15)9-16(2)19(17,18)12-5-3-11(13)4-6-12/h3-8H,9H2,1-2H3. The van der Waals surface area contributed by atoms with E-state index in [9.17, 15) is 8.42 Å². The second-order valence-electron chi connectivity index (χ2n) is 4.24. The van der Waals surface area contributed by atoms with E-state index < -0.39 is 10.0 Å². The van der Waals surface area contributed by atoms with E-state index >= 15 is 0 Å². The fourth-order valence-corrected chi connectivity index (χ4v) is 2.97. The molecule has 0 saturated carbocycles. The SMILES string of the molecule is CN(Cc1cnn(C)c1)S(=O)(=O)c1ccc(Cl)cc1. The average molecular weight is 300 g/mol. The molecule has 0 N–H and O–H groups in total. The molecule has 0 aliphatic rings. The fraction of sp³-hybridized carbons (Fsp3) is 0.250. The maximum absolute atomic E-state index is 12.3. The molecule has 1 heterocycles. The van der Waals surface area contributed by atoms with E-state index in [1.54, 1.807) is 36.3 Å². The van der Waals surface area contributed by atoms with Crippen LogP contribution in [0.2, 0.25) is 5.02 Å². The minimum absolute atomic E-state index is 0.225. The van der Waals surface area contributed by atoms with Crippen LogP contribution in [0.4, 0.5) is 0 Å². The molecule has 0 unspecified atom stereocenters. The van der Waals surface area contributed by atoms with Crippen molar-refractivity contribution >= 4 is 21.6 Å². The van der Waals surface area contributed by atoms with Crippen molar-refractivity contribution in [1.29, 1.82) is 0 Å². The largest absolute Gasteiger partial charge is 0.275 e. The van der Waals surface area contributed by atoms with Gasteiger partial charge in [-0.25, -0.2) is 8.42 Å². The summed E-state index contributed by atoms with van der Waals surface area (Å²) in [6.07, 6.45) is 3.43. The number of hydrogen-bond donors (Lipinski definition) is 0. The molecular formula is C12H14ClN3O2S. The van der Waals surface area contributed by atoms with Crippen LogP contribution in [0, 0.1) is 0 Å². The van der Waals surface area contributed by atoms with Gasteiger partial charge in [-0.15, -0.1) is 0 Å². The number of halogens is 1. The van der Waals surface area contributed by atoms with Crippen molar-refractivity contribution in [2.45, 2.75) is 11.4 Å². The zero-order valence-corrected chi connectivity index (χ0v) is 12.2. The number of aryl methyl sites for hydroxylation is 1. The van der Waals surface area contributed by atoms with Crippen molar-refractivity contribution in [2.75, 3.05) is 7.05 Å². The molecule has 19 heavy (non-hydrogen) atoms. The average Bonchev–Trinajstić information content (AvgIpc) is 2.75. The predicted molar refractivity (Wildman–Crippen MR) is 73.3 cm³/mol. The third-order valence-electron chi connectivity index (χ3n) is 2.69. The van der Waals surface area contributed by atoms with Crippen LogP contribution >= 0.6 is 11.6 Å². The van der Waals surface area contributed by atoms with Crippen LogP contribution in [0.15, 0.2) is 41.6 Å². The Balaban J connectivity index is 2.21. The molecule has 2 rings (SSSR count). The molecule has 0 bridgehead atoms. The number of nitrogens with zero attached hydrogens (tertiary/aromatic N) is 3. The van der Waals surface area contributed by atoms with Crippen LogP contribution in [0.25, 0.3) is 0 Å². The van der Waals surface area contributed by atoms with Crippen molar-refractivity contribution in [1.82, 2.24) is 14.1 Å². The minimum Gasteiger partial charge on any atom is -0.275 e. The lowest BCUT2D eigenvalue weighted by molar-refractivity contribution is 0.466. The molecule has 0 aliphatic carbocycles. The highest BCUT2D eigenvalue weighted by atomic mass is 35.5. The van der Waals surface area contributed by atoms with Crippen LogP contribution in [-0.4, -0.2) is 29.6 Å². The summed E-state index contributed by atoms with van der Waals surface area (Å²) in [6.45, 7) is 0.277. The van der Waals surface area contributed by atoms with Crippen LogP contribution in [0.5, 0.6) is 0 Å². The number of sulfonamides is 1. The van der Waals surface area contributed by atoms with Gasteiger partial charge in [-0.05, 0) is 24.3 Å². The first kappa shape index (κ1) is 14.0. The molecule has 0 saturated heterocycles. The van der Waals surface area contributed by atoms with Crippen molar-refractivity contribution in [2.24, 2.45) is 7.05 Å². The van der Waals surface area contributed by atoms with Gasteiger partial charge < -0.3 is 0 Å². The van der Waals surface area contributed by atoms with E-state index in [-0.39, 0.29) is 11.4 Å². The minimum atomic E-state index is -3.51. The molecule has 0 spiro atoms. The Kier molecular flexibility index (Phi) is 3.93. The van der Waals surface area contributed by atoms with Gasteiger partial charge in [0.2, 0.25) is 10.0 Å². The quantitative estimate of drug-likeness (QED) is 0.866. The van der Waals surface area contributed by atoms with Crippen molar-refractivity contribution in [3.63, 3.8) is 0 Å². The number of aromatic nitrogens is 2. The molecule has 1 aromatic heterocycles. The molecule has 7 heteroatoms. The molecule has 1 aromatic carbocycles. The van der Waals surface area contributed by atoms with Crippen molar-refractivity contribution in [3.05, 3.63) is 47.2 Å². The summed E-state index contributed by atoms with van der Waals surface area (Å²) < 4.78 is 27.5. The van der Waals surface area contributed by atoms with Gasteiger partial charge in [0.05, 0.1) is 11.1 Å². The lowest BCUT2D eigenvalue weighted by Crippen LogP contribution is -2.26. The maximum atomic E-state index is 12.3. The van der Waals surface area contributed by atoms with Gasteiger partial charge in [0.15, 0.2) is 0 Å². The van der Waals surface area contributed by atoms with E-state index in [2.05, 4.69) is 5.10 Å². The Bertz CT molecular complexity index is 665. The summed E-state index contributed by atoms with van der Waals surface area (Å²) in [5.74, 6) is 0. The van der Waals surface area contributed by atoms with E-state index in [4.69, 9.17) is 11.6 Å². The van der Waals surface area contributed by atoms with Crippen molar-refractivity contribution in [3.8, 4) is 0 Å². The van der Waals surface area contributed by atoms with Crippen LogP contribution in [0.1, 0.15) is 5.56 Å². The van der Waals surface area contributed by atoms with Gasteiger partial charge in [0, 0.05) is 37.4 Å². The van der Waals surface area contributed by atoms with E-state index in [1.807, 2.05) is 0 Å². The third kappa shape index (κ3) is 3.15. The zero-order chi connectivity index (χ0) is 14.0. The van der Waals surface area contributed by atoms with Gasteiger partial charge in [-0.2, -0.15) is 9.40 Å². The molecule has 0 fully saturated rings. The summed E-state index contributed by atoms with van der Waals surface area (Å²) in [5, 5.41) is 4.52. The number of hydrogen-bond acceptors (Lipinski definition) is 3. The molecule has 0 amide bonds. The molecule has 0 aliphatic heterocycles. The lowest BCUT2D eigenvalue weighted by atomic mass is 10.4. The molecule has 0 radical (unpaired) electrons. The Morgan fingerprint density at radius 2 is 1.95 bits per heavy atom. The number of benzene rings is 1. The third-order valence-corrected chi connectivity index (χ3v) is 4.75. The second-order valence-corrected chi connectivity index (χ2v) is 6.72. The van der Waals surface area contributed by atoms with E-state index in [0.29, 0.717) is 5.02 Å². The van der Waals surface area contributed by atoms with Crippen LogP contribution in [-0.2, 0) is 23.6 Å². The molecule has 0 atom stereocenters. The fourth-order valence-electron chi connectivity index (χ4n) is 1.68. The van der Waals surface area contributed by atoms with Gasteiger partial charge in [-0.1, -0.05) is 11.6 Å². The van der Waals surface area contributed by atoms with Gasteiger partial charge in [0.25, 0.3) is 0 Å². The second kappa shape index (κ2) is 5.32. The maximum Gasteiger partial charge on any atom is 0.243 e. The van der Waals surface area contributed by atoms with Crippen molar-refractivity contribution < 1.29 is 8.42 Å². The summed E-state index contributed by atoms with van der Waals surface area (Å²) in [6, 6.07) is 6.12. The monoisotopic (exact) mass is 299 g/mol. The Morgan fingerprint density at radius 3 is 2.47 bits per heavy atom. The predicted octanol–water partition coefficient (Wildman–Crippen LogP) is 1.89. The summed E-state index contributed by atoms with van der Waals surface area (Å²) in [7, 11) is -0.180. The molecule has 5 nitrogen and oxygen atoms in total. The Hall–Kier alpha value is -1.37. The van der Waals surface area contributed by atoms with E-state index in [1.165, 1.54) is 23.5 Å². The highest BCUT2D eigenvalue weighted by Crippen LogP contribution is 2.18. The highest BCUT2D eigenvalue weighted by molar-refractivity contribution is 7.89. The van der Waals surface area contributed by atoms with Gasteiger partial charge >= 0.3 is 0 Å². The topological polar surface area (TPSA) is 55.2 Å². The first-order chi connectivity index (χ1) is 8.89. The Morgan fingerprint density at radius 1 is 1.32 bits per heavy atom. The van der Waals surface area contributed by atoms with Crippen LogP contribution in [0.3, 0.4) is 0 Å². The van der Waals surface area contributed by atoms with Crippen LogP contribution < -0.4 is 0 Å².